The van der Waals surface area contributed by atoms with Gasteiger partial charge in [-0.25, -0.2) is 4.79 Å². The number of carbonyl (C=O) groups is 1. The fourth-order valence-electron chi connectivity index (χ4n) is 2.39. The number of esters is 1. The molecule has 5 heteroatoms. The Labute approximate surface area is 133 Å². The summed E-state index contributed by atoms with van der Waals surface area (Å²) in [5, 5.41) is 0.411. The van der Waals surface area contributed by atoms with Crippen molar-refractivity contribution in [2.24, 2.45) is 0 Å². The molecule has 3 rings (SSSR count). The van der Waals surface area contributed by atoms with Crippen molar-refractivity contribution in [3.8, 4) is 0 Å². The number of aromatic nitrogens is 2. The highest BCUT2D eigenvalue weighted by molar-refractivity contribution is 5.93. The minimum absolute atomic E-state index is 0.176. The first kappa shape index (κ1) is 15.0. The van der Waals surface area contributed by atoms with Gasteiger partial charge in [0, 0.05) is 12.4 Å². The number of benzene rings is 1. The Morgan fingerprint density at radius 2 is 2.00 bits per heavy atom. The van der Waals surface area contributed by atoms with Crippen LogP contribution in [-0.2, 0) is 11.3 Å². The van der Waals surface area contributed by atoms with Crippen LogP contribution in [0.3, 0.4) is 0 Å². The highest BCUT2D eigenvalue weighted by Crippen LogP contribution is 2.11. The fourth-order valence-corrected chi connectivity index (χ4v) is 2.39. The Morgan fingerprint density at radius 1 is 1.22 bits per heavy atom. The normalized spacial score (nSPS) is 10.7. The van der Waals surface area contributed by atoms with Gasteiger partial charge in [0.15, 0.2) is 0 Å². The highest BCUT2D eigenvalue weighted by atomic mass is 16.5. The van der Waals surface area contributed by atoms with Gasteiger partial charge in [-0.15, -0.1) is 0 Å². The molecule has 0 unspecified atom stereocenters. The molecule has 0 N–H and O–H groups in total. The van der Waals surface area contributed by atoms with Gasteiger partial charge in [-0.05, 0) is 24.6 Å². The molecule has 2 heterocycles. The number of pyridine rings is 2. The summed E-state index contributed by atoms with van der Waals surface area (Å²) in [5.41, 5.74) is 1.70. The lowest BCUT2D eigenvalue weighted by Gasteiger charge is -2.08. The molecule has 116 valence electrons. The molecule has 0 bridgehead atoms. The van der Waals surface area contributed by atoms with E-state index in [1.54, 1.807) is 29.8 Å². The molecule has 0 spiro atoms. The highest BCUT2D eigenvalue weighted by Gasteiger charge is 2.11. The van der Waals surface area contributed by atoms with Crippen molar-refractivity contribution in [1.82, 2.24) is 9.55 Å². The molecule has 0 saturated carbocycles. The van der Waals surface area contributed by atoms with Crippen LogP contribution in [0, 0.1) is 0 Å². The molecule has 0 radical (unpaired) electrons. The Bertz CT molecular complexity index is 901. The molecule has 1 aromatic carbocycles. The van der Waals surface area contributed by atoms with Crippen molar-refractivity contribution in [3.63, 3.8) is 0 Å². The van der Waals surface area contributed by atoms with Crippen LogP contribution in [0.5, 0.6) is 0 Å². The molecule has 0 atom stereocenters. The van der Waals surface area contributed by atoms with Crippen LogP contribution in [-0.4, -0.2) is 22.1 Å². The SMILES string of the molecule is CCOC(=O)c1cnc2ccn(Cc3ccccc3)c(=O)c2c1. The summed E-state index contributed by atoms with van der Waals surface area (Å²) in [6, 6.07) is 13.0. The lowest BCUT2D eigenvalue weighted by molar-refractivity contribution is 0.0526. The van der Waals surface area contributed by atoms with Crippen LogP contribution >= 0.6 is 0 Å². The summed E-state index contributed by atoms with van der Waals surface area (Å²) in [5.74, 6) is -0.472. The van der Waals surface area contributed by atoms with Gasteiger partial charge in [0.05, 0.1) is 29.6 Å². The maximum absolute atomic E-state index is 12.6. The molecule has 0 amide bonds. The van der Waals surface area contributed by atoms with E-state index in [-0.39, 0.29) is 17.7 Å². The van der Waals surface area contributed by atoms with E-state index in [0.717, 1.165) is 5.56 Å². The zero-order valence-electron chi connectivity index (χ0n) is 12.7. The van der Waals surface area contributed by atoms with E-state index >= 15 is 0 Å². The van der Waals surface area contributed by atoms with Gasteiger partial charge >= 0.3 is 5.97 Å². The van der Waals surface area contributed by atoms with E-state index in [1.807, 2.05) is 30.3 Å². The van der Waals surface area contributed by atoms with Crippen molar-refractivity contribution >= 4 is 16.9 Å². The van der Waals surface area contributed by atoms with Gasteiger partial charge in [-0.2, -0.15) is 0 Å². The monoisotopic (exact) mass is 308 g/mol. The first-order valence-electron chi connectivity index (χ1n) is 7.39. The fraction of sp³-hybridized carbons (Fsp3) is 0.167. The summed E-state index contributed by atoms with van der Waals surface area (Å²) < 4.78 is 6.56. The molecular formula is C18H16N2O3. The summed E-state index contributed by atoms with van der Waals surface area (Å²) >= 11 is 0. The largest absolute Gasteiger partial charge is 0.462 e. The molecule has 0 aliphatic carbocycles. The molecule has 0 fully saturated rings. The first-order valence-corrected chi connectivity index (χ1v) is 7.39. The van der Waals surface area contributed by atoms with Gasteiger partial charge in [0.2, 0.25) is 0 Å². The van der Waals surface area contributed by atoms with Gasteiger partial charge < -0.3 is 9.30 Å². The minimum atomic E-state index is -0.472. The molecule has 0 aliphatic rings. The van der Waals surface area contributed by atoms with Crippen molar-refractivity contribution in [2.75, 3.05) is 6.61 Å². The quantitative estimate of drug-likeness (QED) is 0.695. The van der Waals surface area contributed by atoms with Gasteiger partial charge in [-0.1, -0.05) is 30.3 Å². The topological polar surface area (TPSA) is 61.2 Å². The van der Waals surface area contributed by atoms with E-state index in [9.17, 15) is 9.59 Å². The Hall–Kier alpha value is -2.95. The van der Waals surface area contributed by atoms with E-state index in [4.69, 9.17) is 4.74 Å². The number of hydrogen-bond acceptors (Lipinski definition) is 4. The van der Waals surface area contributed by atoms with Crippen molar-refractivity contribution in [3.05, 3.63) is 76.3 Å². The van der Waals surface area contributed by atoms with Crippen LogP contribution in [0.25, 0.3) is 10.9 Å². The maximum Gasteiger partial charge on any atom is 0.339 e. The van der Waals surface area contributed by atoms with Crippen LogP contribution in [0.2, 0.25) is 0 Å². The molecule has 3 aromatic rings. The summed E-state index contributed by atoms with van der Waals surface area (Å²) in [4.78, 5) is 28.6. The average Bonchev–Trinajstić information content (AvgIpc) is 2.58. The number of carbonyl (C=O) groups excluding carboxylic acids is 1. The minimum Gasteiger partial charge on any atom is -0.462 e. The maximum atomic E-state index is 12.6. The molecule has 2 aromatic heterocycles. The Balaban J connectivity index is 2.03. The van der Waals surface area contributed by atoms with Crippen LogP contribution in [0.4, 0.5) is 0 Å². The zero-order chi connectivity index (χ0) is 16.2. The van der Waals surface area contributed by atoms with E-state index in [0.29, 0.717) is 17.4 Å². The zero-order valence-corrected chi connectivity index (χ0v) is 12.7. The summed E-state index contributed by atoms with van der Waals surface area (Å²) in [6.07, 6.45) is 3.15. The average molecular weight is 308 g/mol. The van der Waals surface area contributed by atoms with Crippen LogP contribution in [0.15, 0.2) is 59.7 Å². The number of ether oxygens (including phenoxy) is 1. The second-order valence-corrected chi connectivity index (χ2v) is 5.11. The van der Waals surface area contributed by atoms with Gasteiger partial charge in [0.25, 0.3) is 5.56 Å². The summed E-state index contributed by atoms with van der Waals surface area (Å²) in [6.45, 7) is 2.49. The standard InChI is InChI=1S/C18H16N2O3/c1-2-23-18(22)14-10-15-16(19-11-14)8-9-20(17(15)21)12-13-6-4-3-5-7-13/h3-11H,2,12H2,1H3. The number of rotatable bonds is 4. The Morgan fingerprint density at radius 3 is 2.74 bits per heavy atom. The lowest BCUT2D eigenvalue weighted by Crippen LogP contribution is -2.20. The van der Waals surface area contributed by atoms with E-state index in [2.05, 4.69) is 4.98 Å². The third-order valence-electron chi connectivity index (χ3n) is 3.53. The Kier molecular flexibility index (Phi) is 4.19. The van der Waals surface area contributed by atoms with Crippen molar-refractivity contribution < 1.29 is 9.53 Å². The lowest BCUT2D eigenvalue weighted by atomic mass is 10.2. The van der Waals surface area contributed by atoms with Gasteiger partial charge in [0.1, 0.15) is 0 Å². The van der Waals surface area contributed by atoms with Crippen molar-refractivity contribution in [1.29, 1.82) is 0 Å². The van der Waals surface area contributed by atoms with Crippen LogP contribution in [0.1, 0.15) is 22.8 Å². The first-order chi connectivity index (χ1) is 11.2. The molecule has 5 nitrogen and oxygen atoms in total. The van der Waals surface area contributed by atoms with E-state index < -0.39 is 5.97 Å². The number of hydrogen-bond donors (Lipinski definition) is 0. The third-order valence-corrected chi connectivity index (χ3v) is 3.53. The molecule has 0 saturated heterocycles. The second-order valence-electron chi connectivity index (χ2n) is 5.11. The smallest absolute Gasteiger partial charge is 0.339 e. The second kappa shape index (κ2) is 6.44. The number of fused-ring (bicyclic) bond motifs is 1. The third kappa shape index (κ3) is 3.13. The molecular weight excluding hydrogens is 292 g/mol. The predicted octanol–water partition coefficient (Wildman–Crippen LogP) is 2.62. The molecule has 23 heavy (non-hydrogen) atoms. The predicted molar refractivity (Wildman–Crippen MR) is 87.5 cm³/mol. The number of nitrogens with zero attached hydrogens (tertiary/aromatic N) is 2. The van der Waals surface area contributed by atoms with Crippen LogP contribution < -0.4 is 5.56 Å². The summed E-state index contributed by atoms with van der Waals surface area (Å²) in [7, 11) is 0. The van der Waals surface area contributed by atoms with Crippen molar-refractivity contribution in [2.45, 2.75) is 13.5 Å². The van der Waals surface area contributed by atoms with E-state index in [1.165, 1.54) is 6.20 Å². The van der Waals surface area contributed by atoms with Gasteiger partial charge in [-0.3, -0.25) is 9.78 Å². The molecule has 0 aliphatic heterocycles.